The van der Waals surface area contributed by atoms with Gasteiger partial charge in [-0.2, -0.15) is 0 Å². The van der Waals surface area contributed by atoms with Gasteiger partial charge in [0.15, 0.2) is 0 Å². The molecule has 0 saturated heterocycles. The standard InChI is InChI=1S/C23H28N4O/c1-17-20(21-6-4-5-7-22(21)25-17)14-15-24-16-19-10-8-18(9-11-19)12-13-23(28)26-27(2)3/h4-13,24-25H,14-16H2,1-3H3,(H,26,28)/b13-12+. The third kappa shape index (κ3) is 5.31. The second kappa shape index (κ2) is 9.35. The molecule has 3 aromatic rings. The number of nitrogens with zero attached hydrogens (tertiary/aromatic N) is 1. The first kappa shape index (κ1) is 19.9. The van der Waals surface area contributed by atoms with Gasteiger partial charge >= 0.3 is 0 Å². The summed E-state index contributed by atoms with van der Waals surface area (Å²) >= 11 is 0. The third-order valence-electron chi connectivity index (χ3n) is 4.65. The molecule has 3 N–H and O–H groups in total. The number of aromatic amines is 1. The number of fused-ring (bicyclic) bond motifs is 1. The molecule has 0 saturated carbocycles. The van der Waals surface area contributed by atoms with Crippen molar-refractivity contribution in [2.75, 3.05) is 20.6 Å². The van der Waals surface area contributed by atoms with Crippen LogP contribution in [0.5, 0.6) is 0 Å². The number of hydrogen-bond donors (Lipinski definition) is 3. The Hall–Kier alpha value is -2.89. The Balaban J connectivity index is 1.48. The summed E-state index contributed by atoms with van der Waals surface area (Å²) in [5, 5.41) is 6.46. The molecule has 3 rings (SSSR count). The van der Waals surface area contributed by atoms with Crippen molar-refractivity contribution >= 4 is 22.9 Å². The Kier molecular flexibility index (Phi) is 6.63. The van der Waals surface area contributed by atoms with Gasteiger partial charge in [-0.1, -0.05) is 42.5 Å². The normalized spacial score (nSPS) is 11.6. The summed E-state index contributed by atoms with van der Waals surface area (Å²) in [7, 11) is 3.57. The predicted octanol–water partition coefficient (Wildman–Crippen LogP) is 3.41. The number of rotatable bonds is 8. The van der Waals surface area contributed by atoms with Crippen LogP contribution in [0.2, 0.25) is 0 Å². The molecule has 0 bridgehead atoms. The van der Waals surface area contributed by atoms with Crippen LogP contribution in [0.25, 0.3) is 17.0 Å². The number of carbonyl (C=O) groups excluding carboxylic acids is 1. The molecule has 0 aliphatic heterocycles. The molecule has 2 aromatic carbocycles. The lowest BCUT2D eigenvalue weighted by Gasteiger charge is -2.09. The van der Waals surface area contributed by atoms with Crippen LogP contribution >= 0.6 is 0 Å². The minimum atomic E-state index is -0.136. The molecule has 5 heteroatoms. The first-order chi connectivity index (χ1) is 13.5. The van der Waals surface area contributed by atoms with Crippen LogP contribution in [-0.4, -0.2) is 36.5 Å². The van der Waals surface area contributed by atoms with Gasteiger partial charge in [0.05, 0.1) is 0 Å². The van der Waals surface area contributed by atoms with Gasteiger partial charge in [-0.3, -0.25) is 10.2 Å². The fourth-order valence-corrected chi connectivity index (χ4v) is 3.28. The van der Waals surface area contributed by atoms with Crippen LogP contribution in [0.15, 0.2) is 54.6 Å². The molecule has 0 fully saturated rings. The summed E-state index contributed by atoms with van der Waals surface area (Å²) in [6.45, 7) is 3.89. The number of hydrogen-bond acceptors (Lipinski definition) is 3. The molecular formula is C23H28N4O. The van der Waals surface area contributed by atoms with E-state index in [9.17, 15) is 4.79 Å². The van der Waals surface area contributed by atoms with E-state index in [0.717, 1.165) is 25.1 Å². The maximum absolute atomic E-state index is 11.6. The van der Waals surface area contributed by atoms with Gasteiger partial charge in [-0.25, -0.2) is 5.01 Å². The number of nitrogens with one attached hydrogen (secondary N) is 3. The van der Waals surface area contributed by atoms with Gasteiger partial charge in [0.25, 0.3) is 5.91 Å². The lowest BCUT2D eigenvalue weighted by atomic mass is 10.1. The topological polar surface area (TPSA) is 60.2 Å². The first-order valence-corrected chi connectivity index (χ1v) is 9.55. The Morgan fingerprint density at radius 2 is 1.86 bits per heavy atom. The Morgan fingerprint density at radius 1 is 1.11 bits per heavy atom. The zero-order chi connectivity index (χ0) is 19.9. The molecule has 1 aromatic heterocycles. The number of para-hydroxylation sites is 1. The fraction of sp³-hybridized carbons (Fsp3) is 0.261. The molecule has 28 heavy (non-hydrogen) atoms. The third-order valence-corrected chi connectivity index (χ3v) is 4.65. The van der Waals surface area contributed by atoms with Gasteiger partial charge < -0.3 is 10.3 Å². The maximum Gasteiger partial charge on any atom is 0.258 e. The molecular weight excluding hydrogens is 348 g/mol. The Bertz CT molecular complexity index is 954. The van der Waals surface area contributed by atoms with Crippen molar-refractivity contribution in [1.29, 1.82) is 0 Å². The van der Waals surface area contributed by atoms with Gasteiger partial charge in [0, 0.05) is 43.3 Å². The average molecular weight is 377 g/mol. The highest BCUT2D eigenvalue weighted by Gasteiger charge is 2.07. The molecule has 146 valence electrons. The van der Waals surface area contributed by atoms with Crippen molar-refractivity contribution in [3.63, 3.8) is 0 Å². The number of H-pyrrole nitrogens is 1. The van der Waals surface area contributed by atoms with Gasteiger partial charge in [-0.05, 0) is 48.7 Å². The van der Waals surface area contributed by atoms with Crippen molar-refractivity contribution < 1.29 is 4.79 Å². The molecule has 0 atom stereocenters. The molecule has 1 heterocycles. The molecule has 0 spiro atoms. The van der Waals surface area contributed by atoms with Crippen molar-refractivity contribution in [2.24, 2.45) is 0 Å². The van der Waals surface area contributed by atoms with Crippen LogP contribution in [0.3, 0.4) is 0 Å². The largest absolute Gasteiger partial charge is 0.358 e. The minimum Gasteiger partial charge on any atom is -0.358 e. The lowest BCUT2D eigenvalue weighted by molar-refractivity contribution is -0.119. The van der Waals surface area contributed by atoms with Gasteiger partial charge in [-0.15, -0.1) is 0 Å². The van der Waals surface area contributed by atoms with Crippen LogP contribution < -0.4 is 10.7 Å². The number of aryl methyl sites for hydroxylation is 1. The van der Waals surface area contributed by atoms with Crippen molar-refractivity contribution in [3.05, 3.63) is 77.0 Å². The van der Waals surface area contributed by atoms with Crippen LogP contribution in [-0.2, 0) is 17.8 Å². The number of benzene rings is 2. The Labute approximate surface area is 166 Å². The van der Waals surface area contributed by atoms with E-state index in [2.05, 4.69) is 59.0 Å². The SMILES string of the molecule is Cc1[nH]c2ccccc2c1CCNCc1ccc(/C=C/C(=O)NN(C)C)cc1. The highest BCUT2D eigenvalue weighted by atomic mass is 16.2. The van der Waals surface area contributed by atoms with E-state index < -0.39 is 0 Å². The molecule has 0 radical (unpaired) electrons. The Morgan fingerprint density at radius 3 is 2.61 bits per heavy atom. The van der Waals surface area contributed by atoms with E-state index in [1.165, 1.54) is 33.8 Å². The summed E-state index contributed by atoms with van der Waals surface area (Å²) in [5.74, 6) is -0.136. The monoisotopic (exact) mass is 376 g/mol. The van der Waals surface area contributed by atoms with Crippen molar-refractivity contribution in [1.82, 2.24) is 20.7 Å². The maximum atomic E-state index is 11.6. The lowest BCUT2D eigenvalue weighted by Crippen LogP contribution is -2.34. The predicted molar refractivity (Wildman–Crippen MR) is 116 cm³/mol. The molecule has 0 aliphatic rings. The second-order valence-corrected chi connectivity index (χ2v) is 7.15. The second-order valence-electron chi connectivity index (χ2n) is 7.15. The summed E-state index contributed by atoms with van der Waals surface area (Å²) in [6.07, 6.45) is 4.35. The van der Waals surface area contributed by atoms with Gasteiger partial charge in [0.1, 0.15) is 0 Å². The molecule has 5 nitrogen and oxygen atoms in total. The minimum absolute atomic E-state index is 0.136. The van der Waals surface area contributed by atoms with E-state index in [-0.39, 0.29) is 5.91 Å². The smallest absolute Gasteiger partial charge is 0.258 e. The van der Waals surface area contributed by atoms with E-state index in [0.29, 0.717) is 0 Å². The molecule has 0 aliphatic carbocycles. The van der Waals surface area contributed by atoms with E-state index in [4.69, 9.17) is 0 Å². The summed E-state index contributed by atoms with van der Waals surface area (Å²) in [6, 6.07) is 16.7. The highest BCUT2D eigenvalue weighted by Crippen LogP contribution is 2.21. The van der Waals surface area contributed by atoms with Crippen LogP contribution in [0.4, 0.5) is 0 Å². The highest BCUT2D eigenvalue weighted by molar-refractivity contribution is 5.91. The zero-order valence-electron chi connectivity index (χ0n) is 16.8. The zero-order valence-corrected chi connectivity index (χ0v) is 16.8. The number of amides is 1. The van der Waals surface area contributed by atoms with E-state index >= 15 is 0 Å². The summed E-state index contributed by atoms with van der Waals surface area (Å²) in [5.41, 5.74) is 8.76. The summed E-state index contributed by atoms with van der Waals surface area (Å²) < 4.78 is 0. The quantitative estimate of drug-likeness (QED) is 0.321. The number of carbonyl (C=O) groups is 1. The summed E-state index contributed by atoms with van der Waals surface area (Å²) in [4.78, 5) is 15.1. The molecule has 0 unspecified atom stereocenters. The fourth-order valence-electron chi connectivity index (χ4n) is 3.28. The van der Waals surface area contributed by atoms with Crippen LogP contribution in [0.1, 0.15) is 22.4 Å². The van der Waals surface area contributed by atoms with Crippen molar-refractivity contribution in [3.8, 4) is 0 Å². The number of aromatic nitrogens is 1. The average Bonchev–Trinajstić information content (AvgIpc) is 2.99. The first-order valence-electron chi connectivity index (χ1n) is 9.55. The van der Waals surface area contributed by atoms with E-state index in [1.54, 1.807) is 19.1 Å². The number of hydrazine groups is 1. The van der Waals surface area contributed by atoms with Crippen molar-refractivity contribution in [2.45, 2.75) is 19.9 Å². The van der Waals surface area contributed by atoms with Crippen LogP contribution in [0, 0.1) is 6.92 Å². The molecule has 1 amide bonds. The van der Waals surface area contributed by atoms with E-state index in [1.807, 2.05) is 18.2 Å². The van der Waals surface area contributed by atoms with Gasteiger partial charge in [0.2, 0.25) is 0 Å².